The minimum absolute atomic E-state index is 0.0284. The zero-order valence-corrected chi connectivity index (χ0v) is 25.3. The molecule has 0 aromatic heterocycles. The first kappa shape index (κ1) is 34.2. The van der Waals surface area contributed by atoms with E-state index in [9.17, 15) is 24.2 Å². The Morgan fingerprint density at radius 1 is 1.24 bits per heavy atom. The predicted molar refractivity (Wildman–Crippen MR) is 163 cm³/mol. The fraction of sp³-hybridized carbons (Fsp3) is 0.444. The van der Waals surface area contributed by atoms with Gasteiger partial charge in [-0.15, -0.1) is 11.6 Å². The number of rotatable bonds is 16. The predicted octanol–water partition coefficient (Wildman–Crippen LogP) is 4.97. The molecule has 1 aliphatic rings. The molecule has 1 aliphatic heterocycles. The molecule has 0 bridgehead atoms. The molecule has 2 rings (SSSR count). The molecule has 3 N–H and O–H groups in total. The van der Waals surface area contributed by atoms with Crippen LogP contribution in [0.3, 0.4) is 0 Å². The molecule has 0 aliphatic carbocycles. The Hall–Kier alpha value is -3.97. The number of halogens is 2. The van der Waals surface area contributed by atoms with Gasteiger partial charge in [-0.2, -0.15) is 9.81 Å². The molecule has 0 saturated carbocycles. The molecule has 1 unspecified atom stereocenters. The van der Waals surface area contributed by atoms with Crippen LogP contribution in [0.1, 0.15) is 27.7 Å². The number of imide groups is 1. The van der Waals surface area contributed by atoms with E-state index in [0.29, 0.717) is 22.0 Å². The van der Waals surface area contributed by atoms with Crippen LogP contribution in [0.25, 0.3) is 0 Å². The maximum absolute atomic E-state index is 14.0. The highest BCUT2D eigenvalue weighted by Crippen LogP contribution is 2.30. The summed E-state index contributed by atoms with van der Waals surface area (Å²) in [4.78, 5) is 64.1. The zero-order chi connectivity index (χ0) is 31.4. The van der Waals surface area contributed by atoms with Gasteiger partial charge in [0.25, 0.3) is 0 Å². The smallest absolute Gasteiger partial charge is 0.332 e. The van der Waals surface area contributed by atoms with Crippen molar-refractivity contribution in [2.75, 3.05) is 30.8 Å². The van der Waals surface area contributed by atoms with Crippen molar-refractivity contribution in [3.8, 4) is 5.75 Å². The molecule has 0 radical (unpaired) electrons. The van der Waals surface area contributed by atoms with Gasteiger partial charge in [0.05, 0.1) is 23.7 Å². The van der Waals surface area contributed by atoms with Gasteiger partial charge < -0.3 is 15.4 Å². The van der Waals surface area contributed by atoms with Crippen molar-refractivity contribution in [3.05, 3.63) is 69.5 Å². The van der Waals surface area contributed by atoms with E-state index in [0.717, 1.165) is 4.90 Å². The summed E-state index contributed by atoms with van der Waals surface area (Å²) in [6.45, 7) is 9.28. The number of urea groups is 2. The number of benzene rings is 1. The molecule has 1 heterocycles. The largest absolute Gasteiger partial charge is 0.489 e. The van der Waals surface area contributed by atoms with E-state index in [1.54, 1.807) is 36.4 Å². The number of ether oxygens (including phenoxy) is 1. The van der Waals surface area contributed by atoms with Gasteiger partial charge in [-0.05, 0) is 51.5 Å². The summed E-state index contributed by atoms with van der Waals surface area (Å²) in [7, 11) is 0. The summed E-state index contributed by atoms with van der Waals surface area (Å²) >= 11 is 12.2. The van der Waals surface area contributed by atoms with Gasteiger partial charge in [-0.3, -0.25) is 15.0 Å². The third kappa shape index (κ3) is 9.02. The highest BCUT2D eigenvalue weighted by atomic mass is 35.5. The number of amides is 5. The molecule has 42 heavy (non-hydrogen) atoms. The number of nitroso groups, excluding NO2 is 2. The van der Waals surface area contributed by atoms with Crippen LogP contribution in [-0.4, -0.2) is 77.3 Å². The van der Waals surface area contributed by atoms with Gasteiger partial charge >= 0.3 is 12.1 Å². The van der Waals surface area contributed by atoms with Gasteiger partial charge in [-0.1, -0.05) is 52.8 Å². The summed E-state index contributed by atoms with van der Waals surface area (Å²) in [5.74, 6) is -0.117. The standard InChI is InChI=1S/C27H35Cl2N7O6/c1-6-8-18(9-7-12-28)16-35-24(33-19-10-11-22(21(29)13-19)42-17(2)3)34-25(38)36(26(35)39)27(4,5)23(37)32-20(14-30-40)15-31-41/h6-11,13,17,20,24,33H,1,12,14-16H2,2-5H3,(H,32,37)(H,34,38)/b9-7-,18-8+. The Labute approximate surface area is 254 Å². The molecular weight excluding hydrogens is 589 g/mol. The lowest BCUT2D eigenvalue weighted by Crippen LogP contribution is -2.73. The molecule has 1 atom stereocenters. The van der Waals surface area contributed by atoms with Crippen molar-refractivity contribution in [3.63, 3.8) is 0 Å². The van der Waals surface area contributed by atoms with Gasteiger partial charge in [0.15, 0.2) is 6.29 Å². The molecule has 5 amide bonds. The number of hydrogen-bond acceptors (Lipinski definition) is 9. The lowest BCUT2D eigenvalue weighted by atomic mass is 10.0. The highest BCUT2D eigenvalue weighted by molar-refractivity contribution is 6.32. The fourth-order valence-corrected chi connectivity index (χ4v) is 4.26. The summed E-state index contributed by atoms with van der Waals surface area (Å²) in [5.41, 5.74) is -0.667. The average molecular weight is 625 g/mol. The third-order valence-electron chi connectivity index (χ3n) is 5.96. The SMILES string of the molecule is C=C/C=C(\C=C/CCl)CN1C(=O)N(C(C)(C)C(=O)NC(CN=O)CN=O)C(=O)NC1Nc1ccc(OC(C)C)c(Cl)c1. The van der Waals surface area contributed by atoms with E-state index in [-0.39, 0.29) is 18.5 Å². The molecule has 1 saturated heterocycles. The summed E-state index contributed by atoms with van der Waals surface area (Å²) < 4.78 is 5.67. The van der Waals surface area contributed by atoms with Crippen LogP contribution in [0.2, 0.25) is 5.02 Å². The van der Waals surface area contributed by atoms with Crippen molar-refractivity contribution in [1.82, 2.24) is 20.4 Å². The van der Waals surface area contributed by atoms with Crippen LogP contribution in [0, 0.1) is 9.81 Å². The zero-order valence-electron chi connectivity index (χ0n) is 23.8. The van der Waals surface area contributed by atoms with E-state index in [1.807, 2.05) is 13.8 Å². The number of hydrogen-bond donors (Lipinski definition) is 3. The number of carbonyl (C=O) groups is 3. The van der Waals surface area contributed by atoms with Crippen LogP contribution in [0.15, 0.2) is 65.0 Å². The topological polar surface area (TPSA) is 162 Å². The lowest BCUT2D eigenvalue weighted by molar-refractivity contribution is -0.130. The molecular formula is C27H35Cl2N7O6. The second kappa shape index (κ2) is 15.9. The number of allylic oxidation sites excluding steroid dienone is 3. The van der Waals surface area contributed by atoms with Gasteiger partial charge in [0.1, 0.15) is 24.4 Å². The van der Waals surface area contributed by atoms with Crippen LogP contribution >= 0.6 is 23.2 Å². The van der Waals surface area contributed by atoms with Crippen molar-refractivity contribution < 1.29 is 19.1 Å². The van der Waals surface area contributed by atoms with E-state index in [1.165, 1.54) is 24.8 Å². The normalized spacial score (nSPS) is 16.1. The van der Waals surface area contributed by atoms with Crippen molar-refractivity contribution >= 4 is 46.9 Å². The Kier molecular flexibility index (Phi) is 12.9. The van der Waals surface area contributed by atoms with Crippen LogP contribution in [0.4, 0.5) is 15.3 Å². The summed E-state index contributed by atoms with van der Waals surface area (Å²) in [6.07, 6.45) is 5.41. The van der Waals surface area contributed by atoms with Crippen molar-refractivity contribution in [1.29, 1.82) is 0 Å². The van der Waals surface area contributed by atoms with Gasteiger partial charge in [-0.25, -0.2) is 14.5 Å². The Morgan fingerprint density at radius 3 is 2.45 bits per heavy atom. The minimum atomic E-state index is -1.76. The lowest BCUT2D eigenvalue weighted by Gasteiger charge is -2.46. The number of carbonyl (C=O) groups excluding carboxylic acids is 3. The molecule has 1 fully saturated rings. The van der Waals surface area contributed by atoms with E-state index in [4.69, 9.17) is 27.9 Å². The Balaban J connectivity index is 2.46. The molecule has 1 aromatic rings. The quantitative estimate of drug-likeness (QED) is 0.133. The molecule has 13 nitrogen and oxygen atoms in total. The van der Waals surface area contributed by atoms with E-state index >= 15 is 0 Å². The first-order valence-electron chi connectivity index (χ1n) is 13.0. The van der Waals surface area contributed by atoms with Crippen LogP contribution < -0.4 is 20.7 Å². The number of alkyl halides is 1. The molecule has 1 aromatic carbocycles. The number of nitrogens with one attached hydrogen (secondary N) is 3. The molecule has 0 spiro atoms. The third-order valence-corrected chi connectivity index (χ3v) is 6.43. The average Bonchev–Trinajstić information content (AvgIpc) is 2.90. The Bertz CT molecular complexity index is 1230. The first-order valence-corrected chi connectivity index (χ1v) is 13.9. The monoisotopic (exact) mass is 623 g/mol. The Morgan fingerprint density at radius 2 is 1.90 bits per heavy atom. The van der Waals surface area contributed by atoms with Crippen molar-refractivity contribution in [2.24, 2.45) is 10.4 Å². The molecule has 15 heteroatoms. The second-order valence-corrected chi connectivity index (χ2v) is 10.7. The number of anilines is 1. The number of nitrogens with zero attached hydrogens (tertiary/aromatic N) is 4. The van der Waals surface area contributed by atoms with Crippen LogP contribution in [0.5, 0.6) is 5.75 Å². The second-order valence-electron chi connectivity index (χ2n) is 9.94. The maximum Gasteiger partial charge on any atom is 0.332 e. The fourth-order valence-electron chi connectivity index (χ4n) is 3.95. The molecule has 228 valence electrons. The van der Waals surface area contributed by atoms with Crippen molar-refractivity contribution in [2.45, 2.75) is 51.7 Å². The summed E-state index contributed by atoms with van der Waals surface area (Å²) in [5, 5.41) is 14.0. The van der Waals surface area contributed by atoms with Gasteiger partial charge in [0.2, 0.25) is 5.91 Å². The van der Waals surface area contributed by atoms with Gasteiger partial charge in [0, 0.05) is 11.6 Å². The maximum atomic E-state index is 14.0. The van der Waals surface area contributed by atoms with Crippen LogP contribution in [-0.2, 0) is 4.79 Å². The van der Waals surface area contributed by atoms with E-state index in [2.05, 4.69) is 32.9 Å². The highest BCUT2D eigenvalue weighted by Gasteiger charge is 2.49. The summed E-state index contributed by atoms with van der Waals surface area (Å²) in [6, 6.07) is 2.24. The van der Waals surface area contributed by atoms with E-state index < -0.39 is 48.9 Å². The minimum Gasteiger partial charge on any atom is -0.489 e. The first-order chi connectivity index (χ1) is 19.9.